The van der Waals surface area contributed by atoms with Crippen molar-refractivity contribution in [2.75, 3.05) is 32.8 Å². The molecule has 0 unspecified atom stereocenters. The SMILES string of the molecule is O=C(COc1ccc2c(c1)CCC2)N1CCN(Cc2ccccn2)CC1. The average molecular weight is 351 g/mol. The summed E-state index contributed by atoms with van der Waals surface area (Å²) in [5.41, 5.74) is 3.87. The van der Waals surface area contributed by atoms with E-state index in [2.05, 4.69) is 22.0 Å². The summed E-state index contributed by atoms with van der Waals surface area (Å²) >= 11 is 0. The number of aryl methyl sites for hydroxylation is 2. The molecule has 0 bridgehead atoms. The van der Waals surface area contributed by atoms with Gasteiger partial charge in [-0.1, -0.05) is 12.1 Å². The van der Waals surface area contributed by atoms with E-state index in [4.69, 9.17) is 4.74 Å². The second-order valence-electron chi connectivity index (χ2n) is 7.05. The number of benzene rings is 1. The molecule has 26 heavy (non-hydrogen) atoms. The van der Waals surface area contributed by atoms with Crippen LogP contribution in [0.1, 0.15) is 23.2 Å². The van der Waals surface area contributed by atoms with Gasteiger partial charge in [-0.15, -0.1) is 0 Å². The molecule has 1 fully saturated rings. The quantitative estimate of drug-likeness (QED) is 0.829. The maximum absolute atomic E-state index is 12.4. The zero-order valence-corrected chi connectivity index (χ0v) is 15.1. The van der Waals surface area contributed by atoms with Crippen LogP contribution < -0.4 is 4.74 Å². The van der Waals surface area contributed by atoms with E-state index in [0.29, 0.717) is 0 Å². The highest BCUT2D eigenvalue weighted by Crippen LogP contribution is 2.26. The Balaban J connectivity index is 1.23. The smallest absolute Gasteiger partial charge is 0.260 e. The van der Waals surface area contributed by atoms with Crippen LogP contribution in [0.2, 0.25) is 0 Å². The lowest BCUT2D eigenvalue weighted by atomic mass is 10.1. The summed E-state index contributed by atoms with van der Waals surface area (Å²) in [7, 11) is 0. The molecule has 1 amide bonds. The molecule has 2 aliphatic rings. The van der Waals surface area contributed by atoms with Crippen LogP contribution in [0.4, 0.5) is 0 Å². The Morgan fingerprint density at radius 1 is 1.04 bits per heavy atom. The van der Waals surface area contributed by atoms with Gasteiger partial charge in [0.1, 0.15) is 5.75 Å². The largest absolute Gasteiger partial charge is 0.484 e. The normalized spacial score (nSPS) is 17.2. The first-order valence-corrected chi connectivity index (χ1v) is 9.42. The van der Waals surface area contributed by atoms with Gasteiger partial charge in [0.05, 0.1) is 5.69 Å². The number of amides is 1. The third-order valence-electron chi connectivity index (χ3n) is 5.27. The number of hydrogen-bond donors (Lipinski definition) is 0. The van der Waals surface area contributed by atoms with Gasteiger partial charge in [-0.05, 0) is 54.7 Å². The summed E-state index contributed by atoms with van der Waals surface area (Å²) in [6.07, 6.45) is 5.34. The number of nitrogens with zero attached hydrogens (tertiary/aromatic N) is 3. The Kier molecular flexibility index (Phi) is 5.16. The molecule has 1 aromatic carbocycles. The lowest BCUT2D eigenvalue weighted by Crippen LogP contribution is -2.49. The number of carbonyl (C=O) groups is 1. The van der Waals surface area contributed by atoms with Gasteiger partial charge in [0.25, 0.3) is 5.91 Å². The van der Waals surface area contributed by atoms with Gasteiger partial charge in [0.2, 0.25) is 0 Å². The molecule has 5 nitrogen and oxygen atoms in total. The molecule has 1 aliphatic heterocycles. The molecule has 0 saturated carbocycles. The van der Waals surface area contributed by atoms with Crippen molar-refractivity contribution in [2.24, 2.45) is 0 Å². The van der Waals surface area contributed by atoms with Gasteiger partial charge >= 0.3 is 0 Å². The number of carbonyl (C=O) groups excluding carboxylic acids is 1. The van der Waals surface area contributed by atoms with Crippen molar-refractivity contribution in [1.82, 2.24) is 14.8 Å². The van der Waals surface area contributed by atoms with Crippen molar-refractivity contribution in [3.8, 4) is 5.75 Å². The Morgan fingerprint density at radius 3 is 2.69 bits per heavy atom. The topological polar surface area (TPSA) is 45.7 Å². The van der Waals surface area contributed by atoms with E-state index in [1.54, 1.807) is 0 Å². The van der Waals surface area contributed by atoms with E-state index < -0.39 is 0 Å². The minimum atomic E-state index is 0.0722. The average Bonchev–Trinajstić information content (AvgIpc) is 3.15. The highest BCUT2D eigenvalue weighted by atomic mass is 16.5. The molecule has 0 atom stereocenters. The number of piperazine rings is 1. The first kappa shape index (κ1) is 17.0. The van der Waals surface area contributed by atoms with Crippen molar-refractivity contribution in [1.29, 1.82) is 0 Å². The van der Waals surface area contributed by atoms with Crippen molar-refractivity contribution < 1.29 is 9.53 Å². The van der Waals surface area contributed by atoms with E-state index >= 15 is 0 Å². The van der Waals surface area contributed by atoms with Crippen LogP contribution in [0.15, 0.2) is 42.6 Å². The van der Waals surface area contributed by atoms with Crippen molar-refractivity contribution >= 4 is 5.91 Å². The first-order valence-electron chi connectivity index (χ1n) is 9.42. The molecule has 4 rings (SSSR count). The van der Waals surface area contributed by atoms with Crippen LogP contribution in [0.3, 0.4) is 0 Å². The summed E-state index contributed by atoms with van der Waals surface area (Å²) in [6.45, 7) is 4.22. The van der Waals surface area contributed by atoms with Crippen molar-refractivity contribution in [3.05, 3.63) is 59.4 Å². The molecule has 0 N–H and O–H groups in total. The second-order valence-corrected chi connectivity index (χ2v) is 7.05. The summed E-state index contributed by atoms with van der Waals surface area (Å²) in [5, 5.41) is 0. The van der Waals surface area contributed by atoms with E-state index in [9.17, 15) is 4.79 Å². The third-order valence-corrected chi connectivity index (χ3v) is 5.27. The zero-order chi connectivity index (χ0) is 17.8. The lowest BCUT2D eigenvalue weighted by Gasteiger charge is -2.34. The Labute approximate surface area is 154 Å². The summed E-state index contributed by atoms with van der Waals surface area (Å²) in [6, 6.07) is 12.2. The number of pyridine rings is 1. The molecule has 0 radical (unpaired) electrons. The summed E-state index contributed by atoms with van der Waals surface area (Å²) < 4.78 is 5.75. The van der Waals surface area contributed by atoms with Gasteiger partial charge in [0.15, 0.2) is 6.61 Å². The van der Waals surface area contributed by atoms with Gasteiger partial charge < -0.3 is 9.64 Å². The minimum absolute atomic E-state index is 0.0722. The van der Waals surface area contributed by atoms with Crippen LogP contribution in [0.5, 0.6) is 5.75 Å². The fraction of sp³-hybridized carbons (Fsp3) is 0.429. The predicted molar refractivity (Wildman–Crippen MR) is 100 cm³/mol. The summed E-state index contributed by atoms with van der Waals surface area (Å²) in [5.74, 6) is 0.885. The van der Waals surface area contributed by atoms with Gasteiger partial charge in [-0.2, -0.15) is 0 Å². The van der Waals surface area contributed by atoms with Crippen LogP contribution in [-0.2, 0) is 24.2 Å². The van der Waals surface area contributed by atoms with E-state index in [1.165, 1.54) is 17.5 Å². The minimum Gasteiger partial charge on any atom is -0.484 e. The molecular weight excluding hydrogens is 326 g/mol. The first-order chi connectivity index (χ1) is 12.8. The highest BCUT2D eigenvalue weighted by Gasteiger charge is 2.22. The van der Waals surface area contributed by atoms with Crippen molar-refractivity contribution in [2.45, 2.75) is 25.8 Å². The van der Waals surface area contributed by atoms with Crippen LogP contribution in [0.25, 0.3) is 0 Å². The molecule has 1 aromatic heterocycles. The molecule has 136 valence electrons. The molecule has 0 spiro atoms. The van der Waals surface area contributed by atoms with Crippen molar-refractivity contribution in [3.63, 3.8) is 0 Å². The van der Waals surface area contributed by atoms with Crippen LogP contribution in [0, 0.1) is 0 Å². The Bertz CT molecular complexity index is 755. The van der Waals surface area contributed by atoms with E-state index in [0.717, 1.165) is 57.0 Å². The Morgan fingerprint density at radius 2 is 1.88 bits per heavy atom. The van der Waals surface area contributed by atoms with Crippen LogP contribution >= 0.6 is 0 Å². The fourth-order valence-electron chi connectivity index (χ4n) is 3.75. The molecule has 2 aromatic rings. The number of hydrogen-bond acceptors (Lipinski definition) is 4. The Hall–Kier alpha value is -2.40. The number of fused-ring (bicyclic) bond motifs is 1. The predicted octanol–water partition coefficient (Wildman–Crippen LogP) is 2.29. The van der Waals surface area contributed by atoms with E-state index in [1.807, 2.05) is 35.4 Å². The summed E-state index contributed by atoms with van der Waals surface area (Å²) in [4.78, 5) is 21.1. The van der Waals surface area contributed by atoms with Gasteiger partial charge in [-0.3, -0.25) is 14.7 Å². The monoisotopic (exact) mass is 351 g/mol. The van der Waals surface area contributed by atoms with E-state index in [-0.39, 0.29) is 12.5 Å². The fourth-order valence-corrected chi connectivity index (χ4v) is 3.75. The number of ether oxygens (including phenoxy) is 1. The molecule has 5 heteroatoms. The maximum atomic E-state index is 12.4. The molecule has 1 saturated heterocycles. The van der Waals surface area contributed by atoms with Crippen LogP contribution in [-0.4, -0.2) is 53.5 Å². The molecular formula is C21H25N3O2. The number of aromatic nitrogens is 1. The standard InChI is InChI=1S/C21H25N3O2/c25-21(16-26-20-8-7-17-4-3-5-18(17)14-20)24-12-10-23(11-13-24)15-19-6-1-2-9-22-19/h1-2,6-9,14H,3-5,10-13,15-16H2. The molecule has 1 aliphatic carbocycles. The third kappa shape index (κ3) is 4.05. The molecule has 2 heterocycles. The maximum Gasteiger partial charge on any atom is 0.260 e. The van der Waals surface area contributed by atoms with Gasteiger partial charge in [0, 0.05) is 38.9 Å². The van der Waals surface area contributed by atoms with Gasteiger partial charge in [-0.25, -0.2) is 0 Å². The zero-order valence-electron chi connectivity index (χ0n) is 15.1. The lowest BCUT2D eigenvalue weighted by molar-refractivity contribution is -0.135. The second kappa shape index (κ2) is 7.87. The number of rotatable bonds is 5. The highest BCUT2D eigenvalue weighted by molar-refractivity contribution is 5.77.